The maximum atomic E-state index is 12.2. The van der Waals surface area contributed by atoms with Crippen LogP contribution in [0.25, 0.3) is 0 Å². The van der Waals surface area contributed by atoms with Crippen LogP contribution in [-0.2, 0) is 9.47 Å². The lowest BCUT2D eigenvalue weighted by Gasteiger charge is -2.57. The summed E-state index contributed by atoms with van der Waals surface area (Å²) in [5.41, 5.74) is 0.630. The third kappa shape index (κ3) is 5.71. The number of ether oxygens (including phenoxy) is 2. The molecule has 0 radical (unpaired) electrons. The standard InChI is InChI=1S/C34H58O7/c1-6-21(19(2)3)8-7-20(4)25-11-12-26-24-10-9-22-17-23(13-16-34(22,39)27(24)14-15-33(25,26)5)40-32-31(38)30(37)29(36)28(18-35)41-32/h9,19-21,23-32,35-39H,6-8,10-18H2,1-5H3/t20-,21-,23+,24+,25-,26+,27+,28-,29-,30+,31-,32-,33-,34-/m1/s1. The fourth-order valence-electron chi connectivity index (χ4n) is 10.4. The molecule has 0 bridgehead atoms. The monoisotopic (exact) mass is 578 g/mol. The van der Waals surface area contributed by atoms with E-state index < -0.39 is 42.9 Å². The minimum Gasteiger partial charge on any atom is -0.394 e. The predicted octanol–water partition coefficient (Wildman–Crippen LogP) is 4.57. The first-order valence-electron chi connectivity index (χ1n) is 16.8. The Labute approximate surface area is 247 Å². The second kappa shape index (κ2) is 12.5. The number of allylic oxidation sites excluding steroid dienone is 1. The van der Waals surface area contributed by atoms with Gasteiger partial charge in [0, 0.05) is 0 Å². The Morgan fingerprint density at radius 1 is 0.976 bits per heavy atom. The van der Waals surface area contributed by atoms with Crippen molar-refractivity contribution < 1.29 is 35.0 Å². The number of hydrogen-bond donors (Lipinski definition) is 5. The predicted molar refractivity (Wildman–Crippen MR) is 158 cm³/mol. The molecule has 7 nitrogen and oxygen atoms in total. The zero-order valence-corrected chi connectivity index (χ0v) is 26.1. The van der Waals surface area contributed by atoms with Crippen molar-refractivity contribution in [1.82, 2.24) is 0 Å². The van der Waals surface area contributed by atoms with Crippen LogP contribution in [-0.4, -0.2) is 74.6 Å². The molecule has 236 valence electrons. The lowest BCUT2D eigenvalue weighted by atomic mass is 9.49. The average Bonchev–Trinajstić information content (AvgIpc) is 3.30. The molecule has 0 aromatic heterocycles. The van der Waals surface area contributed by atoms with Gasteiger partial charge in [0.25, 0.3) is 0 Å². The van der Waals surface area contributed by atoms with Crippen LogP contribution in [0.3, 0.4) is 0 Å². The summed E-state index contributed by atoms with van der Waals surface area (Å²) in [7, 11) is 0. The molecule has 0 aromatic rings. The van der Waals surface area contributed by atoms with E-state index in [4.69, 9.17) is 9.47 Å². The fraction of sp³-hybridized carbons (Fsp3) is 0.941. The van der Waals surface area contributed by atoms with E-state index in [1.807, 2.05) is 0 Å². The normalized spacial score (nSPS) is 47.7. The summed E-state index contributed by atoms with van der Waals surface area (Å²) in [6, 6.07) is 0. The molecule has 4 fully saturated rings. The van der Waals surface area contributed by atoms with E-state index in [0.717, 1.165) is 42.1 Å². The zero-order chi connectivity index (χ0) is 29.7. The third-order valence-electron chi connectivity index (χ3n) is 12.9. The Hall–Kier alpha value is -0.540. The molecule has 4 aliphatic carbocycles. The minimum absolute atomic E-state index is 0.261. The Balaban J connectivity index is 1.24. The maximum Gasteiger partial charge on any atom is 0.186 e. The van der Waals surface area contributed by atoms with Gasteiger partial charge in [-0.05, 0) is 110 Å². The second-order valence-electron chi connectivity index (χ2n) is 15.2. The van der Waals surface area contributed by atoms with Gasteiger partial charge in [-0.25, -0.2) is 0 Å². The van der Waals surface area contributed by atoms with Crippen LogP contribution in [0.5, 0.6) is 0 Å². The van der Waals surface area contributed by atoms with Crippen molar-refractivity contribution >= 4 is 0 Å². The van der Waals surface area contributed by atoms with Crippen molar-refractivity contribution in [2.45, 2.75) is 148 Å². The molecule has 0 aromatic carbocycles. The summed E-state index contributed by atoms with van der Waals surface area (Å²) >= 11 is 0. The second-order valence-corrected chi connectivity index (χ2v) is 15.2. The first-order chi connectivity index (χ1) is 19.4. The topological polar surface area (TPSA) is 120 Å². The van der Waals surface area contributed by atoms with Gasteiger partial charge in [-0.1, -0.05) is 53.5 Å². The summed E-state index contributed by atoms with van der Waals surface area (Å²) in [5, 5.41) is 52.4. The molecule has 5 aliphatic rings. The number of aliphatic hydroxyl groups excluding tert-OH is 4. The lowest BCUT2D eigenvalue weighted by molar-refractivity contribution is -0.313. The fourth-order valence-corrected chi connectivity index (χ4v) is 10.4. The summed E-state index contributed by atoms with van der Waals surface area (Å²) < 4.78 is 11.7. The molecule has 3 saturated carbocycles. The van der Waals surface area contributed by atoms with E-state index >= 15 is 0 Å². The molecular weight excluding hydrogens is 520 g/mol. The van der Waals surface area contributed by atoms with Crippen molar-refractivity contribution in [3.05, 3.63) is 11.6 Å². The highest BCUT2D eigenvalue weighted by molar-refractivity contribution is 5.28. The van der Waals surface area contributed by atoms with Crippen LogP contribution >= 0.6 is 0 Å². The van der Waals surface area contributed by atoms with E-state index in [1.54, 1.807) is 0 Å². The number of hydrogen-bond acceptors (Lipinski definition) is 7. The van der Waals surface area contributed by atoms with Crippen LogP contribution < -0.4 is 0 Å². The minimum atomic E-state index is -1.45. The van der Waals surface area contributed by atoms with Crippen LogP contribution in [0.4, 0.5) is 0 Å². The van der Waals surface area contributed by atoms with Gasteiger partial charge in [0.2, 0.25) is 0 Å². The van der Waals surface area contributed by atoms with Gasteiger partial charge in [-0.15, -0.1) is 0 Å². The molecule has 1 saturated heterocycles. The number of aliphatic hydroxyl groups is 5. The van der Waals surface area contributed by atoms with Crippen LogP contribution in [0.15, 0.2) is 11.6 Å². The molecule has 5 rings (SSSR count). The molecular formula is C34H58O7. The molecule has 14 atom stereocenters. The molecule has 0 amide bonds. The summed E-state index contributed by atoms with van der Waals surface area (Å²) in [4.78, 5) is 0. The van der Waals surface area contributed by atoms with Crippen molar-refractivity contribution in [2.24, 2.45) is 46.8 Å². The van der Waals surface area contributed by atoms with E-state index in [2.05, 4.69) is 40.7 Å². The molecule has 41 heavy (non-hydrogen) atoms. The quantitative estimate of drug-likeness (QED) is 0.254. The highest BCUT2D eigenvalue weighted by Crippen LogP contribution is 2.65. The maximum absolute atomic E-state index is 12.2. The Bertz CT molecular complexity index is 921. The van der Waals surface area contributed by atoms with Crippen molar-refractivity contribution in [3.63, 3.8) is 0 Å². The Morgan fingerprint density at radius 3 is 2.41 bits per heavy atom. The zero-order valence-electron chi connectivity index (χ0n) is 26.1. The largest absolute Gasteiger partial charge is 0.394 e. The average molecular weight is 579 g/mol. The van der Waals surface area contributed by atoms with Crippen molar-refractivity contribution in [1.29, 1.82) is 0 Å². The van der Waals surface area contributed by atoms with Gasteiger partial charge < -0.3 is 35.0 Å². The first-order valence-corrected chi connectivity index (χ1v) is 16.8. The SMILES string of the molecule is CC[C@H](CC[C@@H](C)[C@H]1CC[C@H]2[C@@H]3CC=C4C[C@@H](O[C@@H]5O[C@H](CO)[C@@H](O)[C@H](O)[C@H]5O)CC[C@]4(O)[C@H]3CC[C@]12C)C(C)C. The summed E-state index contributed by atoms with van der Waals surface area (Å²) in [5.74, 6) is 4.61. The van der Waals surface area contributed by atoms with Crippen molar-refractivity contribution in [3.8, 4) is 0 Å². The Kier molecular flexibility index (Phi) is 9.68. The van der Waals surface area contributed by atoms with Gasteiger partial charge >= 0.3 is 0 Å². The van der Waals surface area contributed by atoms with Crippen LogP contribution in [0.1, 0.15) is 105 Å². The van der Waals surface area contributed by atoms with Crippen molar-refractivity contribution in [2.75, 3.05) is 6.61 Å². The van der Waals surface area contributed by atoms with E-state index in [0.29, 0.717) is 36.5 Å². The van der Waals surface area contributed by atoms with Gasteiger partial charge in [0.1, 0.15) is 24.4 Å². The molecule has 0 unspecified atom stereocenters. The van der Waals surface area contributed by atoms with E-state index in [1.165, 1.54) is 38.5 Å². The summed E-state index contributed by atoms with van der Waals surface area (Å²) in [6.07, 6.45) is 7.40. The smallest absolute Gasteiger partial charge is 0.186 e. The first kappa shape index (κ1) is 31.9. The van der Waals surface area contributed by atoms with Gasteiger partial charge in [0.15, 0.2) is 6.29 Å². The van der Waals surface area contributed by atoms with E-state index in [-0.39, 0.29) is 12.0 Å². The molecule has 5 N–H and O–H groups in total. The highest BCUT2D eigenvalue weighted by atomic mass is 16.7. The summed E-state index contributed by atoms with van der Waals surface area (Å²) in [6.45, 7) is 11.7. The van der Waals surface area contributed by atoms with Gasteiger partial charge in [0.05, 0.1) is 18.3 Å². The van der Waals surface area contributed by atoms with E-state index in [9.17, 15) is 25.5 Å². The molecule has 0 spiro atoms. The van der Waals surface area contributed by atoms with Crippen LogP contribution in [0, 0.1) is 46.8 Å². The molecule has 1 heterocycles. The molecule has 7 heteroatoms. The number of fused-ring (bicyclic) bond motifs is 5. The molecule has 1 aliphatic heterocycles. The van der Waals surface area contributed by atoms with Gasteiger partial charge in [-0.3, -0.25) is 0 Å². The highest BCUT2D eigenvalue weighted by Gasteiger charge is 2.60. The van der Waals surface area contributed by atoms with Crippen LogP contribution in [0.2, 0.25) is 0 Å². The lowest BCUT2D eigenvalue weighted by Crippen LogP contribution is -2.60. The number of rotatable bonds is 9. The van der Waals surface area contributed by atoms with Gasteiger partial charge in [-0.2, -0.15) is 0 Å². The Morgan fingerprint density at radius 2 is 1.73 bits per heavy atom. The third-order valence-corrected chi connectivity index (χ3v) is 12.9.